The number of oxime groups is 1. The van der Waals surface area contributed by atoms with Crippen molar-refractivity contribution in [2.45, 2.75) is 39.3 Å². The van der Waals surface area contributed by atoms with Gasteiger partial charge in [-0.15, -0.1) is 0 Å². The maximum absolute atomic E-state index is 11.7. The first-order valence-corrected chi connectivity index (χ1v) is 6.58. The lowest BCUT2D eigenvalue weighted by molar-refractivity contribution is 0.0508. The number of alkyl carbamates (subject to hydrolysis) is 1. The van der Waals surface area contributed by atoms with Crippen LogP contribution in [0.3, 0.4) is 0 Å². The standard InChI is InChI=1S/C14H19ClN2O3/c1-9(16-13(18)20-14(2,3)4)10-6-5-7-11(8-10)12(15)17-19/h5-9,19H,1-4H3,(H,16,18). The van der Waals surface area contributed by atoms with Crippen molar-refractivity contribution in [2.24, 2.45) is 5.16 Å². The van der Waals surface area contributed by atoms with Gasteiger partial charge in [0, 0.05) is 5.56 Å². The molecule has 0 spiro atoms. The Balaban J connectivity index is 2.78. The Morgan fingerprint density at radius 2 is 2.10 bits per heavy atom. The van der Waals surface area contributed by atoms with E-state index in [1.54, 1.807) is 39.0 Å². The average Bonchev–Trinajstić information content (AvgIpc) is 2.35. The second-order valence-electron chi connectivity index (χ2n) is 5.38. The van der Waals surface area contributed by atoms with E-state index in [0.29, 0.717) is 5.56 Å². The fraction of sp³-hybridized carbons (Fsp3) is 0.429. The Kier molecular flexibility index (Phi) is 5.39. The molecule has 0 saturated heterocycles. The van der Waals surface area contributed by atoms with E-state index in [1.807, 2.05) is 13.0 Å². The molecule has 0 aliphatic rings. The highest BCUT2D eigenvalue weighted by Gasteiger charge is 2.18. The molecule has 0 bridgehead atoms. The van der Waals surface area contributed by atoms with Crippen LogP contribution in [0.15, 0.2) is 29.4 Å². The van der Waals surface area contributed by atoms with Gasteiger partial charge in [-0.2, -0.15) is 0 Å². The van der Waals surface area contributed by atoms with Gasteiger partial charge in [0.15, 0.2) is 5.17 Å². The lowest BCUT2D eigenvalue weighted by Gasteiger charge is -2.22. The topological polar surface area (TPSA) is 70.9 Å². The largest absolute Gasteiger partial charge is 0.444 e. The summed E-state index contributed by atoms with van der Waals surface area (Å²) in [6.45, 7) is 7.23. The predicted octanol–water partition coefficient (Wildman–Crippen LogP) is 3.65. The molecule has 20 heavy (non-hydrogen) atoms. The SMILES string of the molecule is CC(NC(=O)OC(C)(C)C)c1cccc(C(Cl)=NO)c1. The molecule has 1 aromatic rings. The minimum atomic E-state index is -0.543. The van der Waals surface area contributed by atoms with E-state index in [9.17, 15) is 4.79 Å². The van der Waals surface area contributed by atoms with Gasteiger partial charge in [-0.1, -0.05) is 35.0 Å². The molecule has 1 unspecified atom stereocenters. The summed E-state index contributed by atoms with van der Waals surface area (Å²) in [6.07, 6.45) is -0.489. The molecular formula is C14H19ClN2O3. The lowest BCUT2D eigenvalue weighted by atomic mass is 10.1. The molecule has 1 rings (SSSR count). The number of carbonyl (C=O) groups is 1. The number of amides is 1. The zero-order chi connectivity index (χ0) is 15.3. The van der Waals surface area contributed by atoms with Gasteiger partial charge in [0.25, 0.3) is 0 Å². The maximum atomic E-state index is 11.7. The first-order valence-electron chi connectivity index (χ1n) is 6.20. The number of nitrogens with zero attached hydrogens (tertiary/aromatic N) is 1. The van der Waals surface area contributed by atoms with Crippen molar-refractivity contribution in [1.82, 2.24) is 5.32 Å². The molecule has 1 amide bonds. The van der Waals surface area contributed by atoms with E-state index in [2.05, 4.69) is 10.5 Å². The smallest absolute Gasteiger partial charge is 0.408 e. The first-order chi connectivity index (χ1) is 9.23. The normalized spacial score (nSPS) is 13.8. The van der Waals surface area contributed by atoms with Gasteiger partial charge in [0.2, 0.25) is 0 Å². The zero-order valence-corrected chi connectivity index (χ0v) is 12.7. The monoisotopic (exact) mass is 298 g/mol. The van der Waals surface area contributed by atoms with Crippen LogP contribution in [0.2, 0.25) is 0 Å². The Morgan fingerprint density at radius 3 is 2.65 bits per heavy atom. The number of benzene rings is 1. The summed E-state index contributed by atoms with van der Waals surface area (Å²) < 4.78 is 5.19. The fourth-order valence-corrected chi connectivity index (χ4v) is 1.68. The van der Waals surface area contributed by atoms with Gasteiger partial charge in [-0.25, -0.2) is 4.79 Å². The highest BCUT2D eigenvalue weighted by atomic mass is 35.5. The van der Waals surface area contributed by atoms with Gasteiger partial charge in [-0.05, 0) is 39.3 Å². The Hall–Kier alpha value is -1.75. The molecule has 0 fully saturated rings. The van der Waals surface area contributed by atoms with Gasteiger partial charge < -0.3 is 15.3 Å². The minimum absolute atomic E-state index is 0.00341. The van der Waals surface area contributed by atoms with Crippen LogP contribution in [-0.2, 0) is 4.74 Å². The van der Waals surface area contributed by atoms with Crippen molar-refractivity contribution >= 4 is 22.9 Å². The molecule has 2 N–H and O–H groups in total. The molecule has 0 radical (unpaired) electrons. The van der Waals surface area contributed by atoms with Crippen LogP contribution < -0.4 is 5.32 Å². The molecule has 1 atom stereocenters. The maximum Gasteiger partial charge on any atom is 0.408 e. The fourth-order valence-electron chi connectivity index (χ4n) is 1.56. The van der Waals surface area contributed by atoms with Crippen molar-refractivity contribution in [3.05, 3.63) is 35.4 Å². The van der Waals surface area contributed by atoms with E-state index >= 15 is 0 Å². The minimum Gasteiger partial charge on any atom is -0.444 e. The molecule has 0 aliphatic heterocycles. The summed E-state index contributed by atoms with van der Waals surface area (Å²) in [5, 5.41) is 14.3. The third-order valence-corrected chi connectivity index (χ3v) is 2.74. The quantitative estimate of drug-likeness (QED) is 0.508. The predicted molar refractivity (Wildman–Crippen MR) is 78.4 cm³/mol. The van der Waals surface area contributed by atoms with Crippen molar-refractivity contribution in [3.63, 3.8) is 0 Å². The summed E-state index contributed by atoms with van der Waals surface area (Å²) in [7, 11) is 0. The highest BCUT2D eigenvalue weighted by molar-refractivity contribution is 6.69. The number of halogens is 1. The van der Waals surface area contributed by atoms with Crippen LogP contribution in [0.25, 0.3) is 0 Å². The molecule has 0 aromatic heterocycles. The van der Waals surface area contributed by atoms with Gasteiger partial charge in [-0.3, -0.25) is 0 Å². The van der Waals surface area contributed by atoms with Gasteiger partial charge in [0.1, 0.15) is 5.60 Å². The van der Waals surface area contributed by atoms with Crippen LogP contribution >= 0.6 is 11.6 Å². The Bertz CT molecular complexity index is 509. The number of nitrogens with one attached hydrogen (secondary N) is 1. The molecule has 1 aromatic carbocycles. The molecule has 0 heterocycles. The lowest BCUT2D eigenvalue weighted by Crippen LogP contribution is -2.34. The Labute approximate surface area is 123 Å². The van der Waals surface area contributed by atoms with Crippen LogP contribution in [0.5, 0.6) is 0 Å². The number of carbonyl (C=O) groups excluding carboxylic acids is 1. The van der Waals surface area contributed by atoms with E-state index in [4.69, 9.17) is 21.5 Å². The third-order valence-electron chi connectivity index (χ3n) is 2.45. The van der Waals surface area contributed by atoms with Crippen LogP contribution in [0.4, 0.5) is 4.79 Å². The molecule has 5 nitrogen and oxygen atoms in total. The summed E-state index contributed by atoms with van der Waals surface area (Å²) in [5.74, 6) is 0. The number of hydrogen-bond donors (Lipinski definition) is 2. The van der Waals surface area contributed by atoms with E-state index < -0.39 is 11.7 Å². The second kappa shape index (κ2) is 6.61. The summed E-state index contributed by atoms with van der Waals surface area (Å²) in [6, 6.07) is 6.81. The number of hydrogen-bond acceptors (Lipinski definition) is 4. The molecule has 0 aliphatic carbocycles. The molecule has 0 saturated carbocycles. The van der Waals surface area contributed by atoms with Crippen molar-refractivity contribution in [1.29, 1.82) is 0 Å². The molecule has 110 valence electrons. The van der Waals surface area contributed by atoms with Crippen molar-refractivity contribution < 1.29 is 14.7 Å². The van der Waals surface area contributed by atoms with Gasteiger partial charge >= 0.3 is 6.09 Å². The third kappa shape index (κ3) is 5.09. The molecular weight excluding hydrogens is 280 g/mol. The summed E-state index contributed by atoms with van der Waals surface area (Å²) in [4.78, 5) is 11.7. The number of rotatable bonds is 3. The van der Waals surface area contributed by atoms with Crippen molar-refractivity contribution in [2.75, 3.05) is 0 Å². The molecule has 6 heteroatoms. The van der Waals surface area contributed by atoms with E-state index in [0.717, 1.165) is 5.56 Å². The van der Waals surface area contributed by atoms with Crippen LogP contribution in [0, 0.1) is 0 Å². The average molecular weight is 299 g/mol. The summed E-state index contributed by atoms with van der Waals surface area (Å²) in [5.41, 5.74) is 0.859. The zero-order valence-electron chi connectivity index (χ0n) is 12.0. The van der Waals surface area contributed by atoms with Crippen LogP contribution in [-0.4, -0.2) is 22.1 Å². The van der Waals surface area contributed by atoms with E-state index in [1.165, 1.54) is 0 Å². The van der Waals surface area contributed by atoms with Crippen LogP contribution in [0.1, 0.15) is 44.9 Å². The van der Waals surface area contributed by atoms with Crippen molar-refractivity contribution in [3.8, 4) is 0 Å². The summed E-state index contributed by atoms with van der Waals surface area (Å²) >= 11 is 5.75. The second-order valence-corrected chi connectivity index (χ2v) is 5.74. The Morgan fingerprint density at radius 1 is 1.45 bits per heavy atom. The van der Waals surface area contributed by atoms with E-state index in [-0.39, 0.29) is 11.2 Å². The highest BCUT2D eigenvalue weighted by Crippen LogP contribution is 2.17. The van der Waals surface area contributed by atoms with Gasteiger partial charge in [0.05, 0.1) is 6.04 Å². The number of ether oxygens (including phenoxy) is 1. The first kappa shape index (κ1) is 16.3.